The first kappa shape index (κ1) is 64.1. The van der Waals surface area contributed by atoms with Crippen molar-refractivity contribution in [2.75, 3.05) is 13.2 Å². The Morgan fingerprint density at radius 2 is 0.574 bits per heavy atom. The van der Waals surface area contributed by atoms with Crippen molar-refractivity contribution >= 4 is 17.9 Å². The van der Waals surface area contributed by atoms with E-state index in [2.05, 4.69) is 130 Å². The molecule has 0 rings (SSSR count). The Hall–Kier alpha value is -3.93. The average molecular weight is 943 g/mol. The normalized spacial score (nSPS) is 12.9. The van der Waals surface area contributed by atoms with Gasteiger partial charge in [0.2, 0.25) is 0 Å². The molecule has 0 aromatic carbocycles. The van der Waals surface area contributed by atoms with Gasteiger partial charge in [-0.3, -0.25) is 14.4 Å². The van der Waals surface area contributed by atoms with E-state index >= 15 is 0 Å². The fourth-order valence-corrected chi connectivity index (χ4v) is 7.37. The van der Waals surface area contributed by atoms with Gasteiger partial charge in [-0.2, -0.15) is 0 Å². The predicted molar refractivity (Wildman–Crippen MR) is 293 cm³/mol. The molecule has 6 nitrogen and oxygen atoms in total. The van der Waals surface area contributed by atoms with E-state index in [1.807, 2.05) is 0 Å². The van der Waals surface area contributed by atoms with E-state index in [9.17, 15) is 14.4 Å². The second-order valence-electron chi connectivity index (χ2n) is 18.1. The number of carbonyl (C=O) groups is 3. The Bertz CT molecular complexity index is 1410. The van der Waals surface area contributed by atoms with Gasteiger partial charge in [-0.25, -0.2) is 0 Å². The van der Waals surface area contributed by atoms with Crippen LogP contribution in [0, 0.1) is 0 Å². The standard InChI is InChI=1S/C62H102O6/c1-4-7-10-13-16-19-22-24-26-28-29-30-31-32-33-35-36-38-40-43-46-49-52-55-61(64)67-58-59(57-66-60(63)54-51-48-45-42-21-18-15-12-9-6-3)68-62(65)56-53-50-47-44-41-39-37-34-27-25-23-20-17-14-11-8-5-2/h7-8,10-12,15-17,19-20,24-27,29-30,32-33,59H,4-6,9,13-14,18,21-23,28,31,34-58H2,1-3H3/b10-7-,11-8-,15-12-,19-16-,20-17-,26-24-,27-25-,30-29-,33-32-. The maximum absolute atomic E-state index is 12.8. The van der Waals surface area contributed by atoms with Crippen molar-refractivity contribution in [1.82, 2.24) is 0 Å². The van der Waals surface area contributed by atoms with E-state index in [-0.39, 0.29) is 31.1 Å². The minimum Gasteiger partial charge on any atom is -0.462 e. The zero-order chi connectivity index (χ0) is 49.3. The second kappa shape index (κ2) is 55.7. The van der Waals surface area contributed by atoms with Crippen LogP contribution in [0.3, 0.4) is 0 Å². The van der Waals surface area contributed by atoms with Crippen LogP contribution in [0.5, 0.6) is 0 Å². The molecular formula is C62H102O6. The molecule has 0 aromatic heterocycles. The molecule has 6 heteroatoms. The highest BCUT2D eigenvalue weighted by molar-refractivity contribution is 5.71. The van der Waals surface area contributed by atoms with Crippen LogP contribution in [0.4, 0.5) is 0 Å². The molecule has 0 aliphatic rings. The lowest BCUT2D eigenvalue weighted by molar-refractivity contribution is -0.167. The maximum Gasteiger partial charge on any atom is 0.306 e. The first-order chi connectivity index (χ1) is 33.5. The second-order valence-corrected chi connectivity index (χ2v) is 18.1. The average Bonchev–Trinajstić information content (AvgIpc) is 3.34. The van der Waals surface area contributed by atoms with Gasteiger partial charge in [0.25, 0.3) is 0 Å². The van der Waals surface area contributed by atoms with Crippen LogP contribution in [-0.4, -0.2) is 37.2 Å². The number of carbonyl (C=O) groups excluding carboxylic acids is 3. The van der Waals surface area contributed by atoms with E-state index < -0.39 is 6.10 Å². The van der Waals surface area contributed by atoms with Gasteiger partial charge in [-0.15, -0.1) is 0 Å². The summed E-state index contributed by atoms with van der Waals surface area (Å²) in [6.07, 6.45) is 75.1. The number of unbranched alkanes of at least 4 members (excludes halogenated alkanes) is 20. The zero-order valence-corrected chi connectivity index (χ0v) is 44.1. The minimum absolute atomic E-state index is 0.0917. The molecule has 68 heavy (non-hydrogen) atoms. The molecule has 0 radical (unpaired) electrons. The number of hydrogen-bond acceptors (Lipinski definition) is 6. The molecule has 0 spiro atoms. The first-order valence-electron chi connectivity index (χ1n) is 27.9. The molecule has 0 aliphatic heterocycles. The fraction of sp³-hybridized carbons (Fsp3) is 0.661. The van der Waals surface area contributed by atoms with Crippen molar-refractivity contribution in [3.05, 3.63) is 109 Å². The summed E-state index contributed by atoms with van der Waals surface area (Å²) in [6.45, 7) is 6.32. The third kappa shape index (κ3) is 53.0. The van der Waals surface area contributed by atoms with Gasteiger partial charge >= 0.3 is 17.9 Å². The quantitative estimate of drug-likeness (QED) is 0.0262. The third-order valence-electron chi connectivity index (χ3n) is 11.5. The highest BCUT2D eigenvalue weighted by Crippen LogP contribution is 2.14. The largest absolute Gasteiger partial charge is 0.462 e. The van der Waals surface area contributed by atoms with Gasteiger partial charge in [-0.05, 0) is 116 Å². The Morgan fingerprint density at radius 1 is 0.309 bits per heavy atom. The van der Waals surface area contributed by atoms with Crippen LogP contribution in [0.15, 0.2) is 109 Å². The van der Waals surface area contributed by atoms with Gasteiger partial charge in [0, 0.05) is 19.3 Å². The molecule has 0 amide bonds. The van der Waals surface area contributed by atoms with Crippen molar-refractivity contribution in [3.8, 4) is 0 Å². The summed E-state index contributed by atoms with van der Waals surface area (Å²) in [6, 6.07) is 0. The van der Waals surface area contributed by atoms with Crippen LogP contribution in [0.2, 0.25) is 0 Å². The van der Waals surface area contributed by atoms with Crippen molar-refractivity contribution in [3.63, 3.8) is 0 Å². The lowest BCUT2D eigenvalue weighted by Crippen LogP contribution is -2.30. The summed E-state index contributed by atoms with van der Waals surface area (Å²) in [5.74, 6) is -0.925. The van der Waals surface area contributed by atoms with Crippen LogP contribution >= 0.6 is 0 Å². The number of ether oxygens (including phenoxy) is 3. The Labute approximate surface area is 419 Å². The van der Waals surface area contributed by atoms with Crippen molar-refractivity contribution in [2.45, 2.75) is 252 Å². The van der Waals surface area contributed by atoms with E-state index in [1.54, 1.807) is 0 Å². The summed E-state index contributed by atoms with van der Waals surface area (Å²) in [7, 11) is 0. The van der Waals surface area contributed by atoms with E-state index in [4.69, 9.17) is 14.2 Å². The first-order valence-corrected chi connectivity index (χ1v) is 27.9. The molecule has 1 atom stereocenters. The number of allylic oxidation sites excluding steroid dienone is 18. The summed E-state index contributed by atoms with van der Waals surface area (Å²) >= 11 is 0. The van der Waals surface area contributed by atoms with Crippen molar-refractivity contribution in [2.24, 2.45) is 0 Å². The Morgan fingerprint density at radius 3 is 0.912 bits per heavy atom. The fourth-order valence-electron chi connectivity index (χ4n) is 7.37. The highest BCUT2D eigenvalue weighted by Gasteiger charge is 2.19. The number of hydrogen-bond donors (Lipinski definition) is 0. The van der Waals surface area contributed by atoms with Gasteiger partial charge in [0.05, 0.1) is 0 Å². The Kier molecular flexibility index (Phi) is 52.4. The van der Waals surface area contributed by atoms with Crippen molar-refractivity contribution < 1.29 is 28.6 Å². The monoisotopic (exact) mass is 943 g/mol. The molecule has 0 saturated carbocycles. The topological polar surface area (TPSA) is 78.9 Å². The van der Waals surface area contributed by atoms with Gasteiger partial charge in [0.1, 0.15) is 13.2 Å². The van der Waals surface area contributed by atoms with Crippen molar-refractivity contribution in [1.29, 1.82) is 0 Å². The van der Waals surface area contributed by atoms with E-state index in [1.165, 1.54) is 64.2 Å². The molecule has 386 valence electrons. The molecule has 0 aromatic rings. The molecule has 0 N–H and O–H groups in total. The van der Waals surface area contributed by atoms with Crippen LogP contribution in [0.25, 0.3) is 0 Å². The van der Waals surface area contributed by atoms with Gasteiger partial charge in [-0.1, -0.05) is 220 Å². The third-order valence-corrected chi connectivity index (χ3v) is 11.5. The SMILES string of the molecule is CC/C=C\C/C=C\C/C=C\C/C=C\C/C=C\CCCCCCCCCC(=O)OCC(COC(=O)CCCCCCC/C=C\CCC)OC(=O)CCCCCCCCC/C=C\C/C=C\C/C=C\CC. The molecule has 0 heterocycles. The van der Waals surface area contributed by atoms with Gasteiger partial charge in [0.15, 0.2) is 6.10 Å². The molecule has 0 saturated heterocycles. The van der Waals surface area contributed by atoms with Crippen LogP contribution in [0.1, 0.15) is 245 Å². The smallest absolute Gasteiger partial charge is 0.306 e. The van der Waals surface area contributed by atoms with E-state index in [0.717, 1.165) is 141 Å². The van der Waals surface area contributed by atoms with E-state index in [0.29, 0.717) is 19.3 Å². The van der Waals surface area contributed by atoms with Crippen LogP contribution in [-0.2, 0) is 28.6 Å². The summed E-state index contributed by atoms with van der Waals surface area (Å²) in [4.78, 5) is 38.1. The lowest BCUT2D eigenvalue weighted by Gasteiger charge is -2.18. The lowest BCUT2D eigenvalue weighted by atomic mass is 10.1. The van der Waals surface area contributed by atoms with Gasteiger partial charge < -0.3 is 14.2 Å². The summed E-state index contributed by atoms with van der Waals surface area (Å²) < 4.78 is 16.8. The number of rotatable bonds is 49. The summed E-state index contributed by atoms with van der Waals surface area (Å²) in [5.41, 5.74) is 0. The molecular weight excluding hydrogens is 841 g/mol. The van der Waals surface area contributed by atoms with Crippen LogP contribution < -0.4 is 0 Å². The maximum atomic E-state index is 12.8. The summed E-state index contributed by atoms with van der Waals surface area (Å²) in [5, 5.41) is 0. The molecule has 0 bridgehead atoms. The molecule has 1 unspecified atom stereocenters. The minimum atomic E-state index is -0.793. The Balaban J connectivity index is 4.35. The molecule has 0 fully saturated rings. The molecule has 0 aliphatic carbocycles. The highest BCUT2D eigenvalue weighted by atomic mass is 16.6. The predicted octanol–water partition coefficient (Wildman–Crippen LogP) is 18.7. The zero-order valence-electron chi connectivity index (χ0n) is 44.1. The number of esters is 3.